The zero-order valence-electron chi connectivity index (χ0n) is 15.9. The molecule has 29 heavy (non-hydrogen) atoms. The highest BCUT2D eigenvalue weighted by atomic mass is 16.4. The Kier molecular flexibility index (Phi) is 4.56. The number of aryl methyl sites for hydroxylation is 4. The number of hydrogen-bond donors (Lipinski definition) is 0. The number of rotatable bonds is 5. The van der Waals surface area contributed by atoms with Crippen LogP contribution in [-0.4, -0.2) is 29.1 Å². The molecule has 0 unspecified atom stereocenters. The quantitative estimate of drug-likeness (QED) is 0.491. The van der Waals surface area contributed by atoms with E-state index in [1.807, 2.05) is 37.3 Å². The van der Waals surface area contributed by atoms with Gasteiger partial charge in [-0.15, -0.1) is 5.10 Å². The Balaban J connectivity index is 1.57. The number of benzene rings is 1. The first kappa shape index (κ1) is 18.4. The molecule has 1 aromatic carbocycles. The molecule has 0 amide bonds. The normalized spacial score (nSPS) is 11.1. The number of nitriles is 1. The van der Waals surface area contributed by atoms with Crippen LogP contribution >= 0.6 is 0 Å². The lowest BCUT2D eigenvalue weighted by Crippen LogP contribution is -2.23. The lowest BCUT2D eigenvalue weighted by Gasteiger charge is -2.02. The lowest BCUT2D eigenvalue weighted by molar-refractivity contribution is 0.434. The summed E-state index contributed by atoms with van der Waals surface area (Å²) >= 11 is 0. The predicted molar refractivity (Wildman–Crippen MR) is 102 cm³/mol. The Morgan fingerprint density at radius 3 is 2.66 bits per heavy atom. The average molecular weight is 391 g/mol. The van der Waals surface area contributed by atoms with Crippen LogP contribution in [0.2, 0.25) is 0 Å². The molecule has 0 saturated heterocycles. The van der Waals surface area contributed by atoms with Gasteiger partial charge in [0.15, 0.2) is 11.2 Å². The van der Waals surface area contributed by atoms with Crippen LogP contribution in [0.5, 0.6) is 0 Å². The monoisotopic (exact) mass is 391 g/mol. The fourth-order valence-electron chi connectivity index (χ4n) is 3.07. The highest BCUT2D eigenvalue weighted by Gasteiger charge is 2.16. The van der Waals surface area contributed by atoms with E-state index in [0.717, 1.165) is 5.56 Å². The molecule has 0 spiro atoms. The highest BCUT2D eigenvalue weighted by molar-refractivity contribution is 5.78. The van der Waals surface area contributed by atoms with Gasteiger partial charge < -0.3 is 4.42 Å². The molecule has 0 aliphatic heterocycles. The zero-order chi connectivity index (χ0) is 20.5. The van der Waals surface area contributed by atoms with Crippen molar-refractivity contribution in [3.05, 3.63) is 74.2 Å². The molecule has 0 atom stereocenters. The van der Waals surface area contributed by atoms with E-state index in [0.29, 0.717) is 13.0 Å². The third-order valence-electron chi connectivity index (χ3n) is 4.60. The standard InChI is InChI=1S/C19H17N7O3/c1-12-3-5-13(6-4-12)7-8-26-19(28)29-15(23-26)10-25-11-21-16-14(9-20)22-24(2)17(16)18(25)27/h3-6,11H,7-8,10H2,1-2H3. The van der Waals surface area contributed by atoms with E-state index in [1.54, 1.807) is 7.05 Å². The summed E-state index contributed by atoms with van der Waals surface area (Å²) in [4.78, 5) is 28.9. The van der Waals surface area contributed by atoms with Crippen LogP contribution in [0, 0.1) is 18.3 Å². The SMILES string of the molecule is Cc1ccc(CCn2nc(Cn3cnc4c(C#N)nn(C)c4c3=O)oc2=O)cc1. The maximum Gasteiger partial charge on any atom is 0.437 e. The summed E-state index contributed by atoms with van der Waals surface area (Å²) in [5, 5.41) is 17.2. The maximum atomic E-state index is 12.7. The summed E-state index contributed by atoms with van der Waals surface area (Å²) in [6, 6.07) is 9.94. The van der Waals surface area contributed by atoms with Gasteiger partial charge in [-0.25, -0.2) is 9.78 Å². The first-order valence-electron chi connectivity index (χ1n) is 8.91. The van der Waals surface area contributed by atoms with Crippen molar-refractivity contribution >= 4 is 11.0 Å². The van der Waals surface area contributed by atoms with Crippen molar-refractivity contribution in [3.8, 4) is 6.07 Å². The average Bonchev–Trinajstić information content (AvgIpc) is 3.23. The van der Waals surface area contributed by atoms with Crippen molar-refractivity contribution in [2.45, 2.75) is 26.4 Å². The van der Waals surface area contributed by atoms with Crippen molar-refractivity contribution in [2.75, 3.05) is 0 Å². The summed E-state index contributed by atoms with van der Waals surface area (Å²) in [5.74, 6) is -0.480. The van der Waals surface area contributed by atoms with E-state index in [-0.39, 0.29) is 29.2 Å². The Hall–Kier alpha value is -4.00. The molecule has 4 rings (SSSR count). The number of aromatic nitrogens is 6. The van der Waals surface area contributed by atoms with Gasteiger partial charge in [0, 0.05) is 7.05 Å². The van der Waals surface area contributed by atoms with Crippen LogP contribution in [0.15, 0.2) is 44.6 Å². The van der Waals surface area contributed by atoms with Crippen molar-refractivity contribution in [1.29, 1.82) is 5.26 Å². The van der Waals surface area contributed by atoms with Gasteiger partial charge in [-0.2, -0.15) is 15.0 Å². The minimum atomic E-state index is -0.582. The van der Waals surface area contributed by atoms with Gasteiger partial charge in [0.2, 0.25) is 5.89 Å². The molecule has 3 aromatic heterocycles. The molecule has 146 valence electrons. The molecule has 3 heterocycles. The molecular weight excluding hydrogens is 374 g/mol. The predicted octanol–water partition coefficient (Wildman–Crippen LogP) is 0.751. The summed E-state index contributed by atoms with van der Waals surface area (Å²) in [6.45, 7) is 2.32. The fourth-order valence-corrected chi connectivity index (χ4v) is 3.07. The third-order valence-corrected chi connectivity index (χ3v) is 4.60. The molecule has 0 aliphatic carbocycles. The summed E-state index contributed by atoms with van der Waals surface area (Å²) in [5.41, 5.74) is 2.37. The molecular formula is C19H17N7O3. The molecule has 4 aromatic rings. The van der Waals surface area contributed by atoms with Gasteiger partial charge in [-0.05, 0) is 18.9 Å². The molecule has 0 fully saturated rings. The van der Waals surface area contributed by atoms with E-state index >= 15 is 0 Å². The Morgan fingerprint density at radius 2 is 1.93 bits per heavy atom. The molecule has 0 saturated carbocycles. The van der Waals surface area contributed by atoms with Crippen LogP contribution < -0.4 is 11.3 Å². The molecule has 0 N–H and O–H groups in total. The number of hydrogen-bond acceptors (Lipinski definition) is 7. The zero-order valence-corrected chi connectivity index (χ0v) is 15.9. The second kappa shape index (κ2) is 7.20. The van der Waals surface area contributed by atoms with E-state index in [1.165, 1.54) is 25.8 Å². The van der Waals surface area contributed by atoms with Gasteiger partial charge in [-0.3, -0.25) is 14.0 Å². The first-order valence-corrected chi connectivity index (χ1v) is 8.91. The number of fused-ring (bicyclic) bond motifs is 1. The summed E-state index contributed by atoms with van der Waals surface area (Å²) < 4.78 is 9.00. The van der Waals surface area contributed by atoms with Crippen molar-refractivity contribution in [1.82, 2.24) is 29.1 Å². The largest absolute Gasteiger partial charge is 0.437 e. The van der Waals surface area contributed by atoms with E-state index in [2.05, 4.69) is 15.2 Å². The topological polar surface area (TPSA) is 125 Å². The van der Waals surface area contributed by atoms with Crippen molar-refractivity contribution in [2.24, 2.45) is 7.05 Å². The van der Waals surface area contributed by atoms with Crippen LogP contribution in [0.3, 0.4) is 0 Å². The summed E-state index contributed by atoms with van der Waals surface area (Å²) in [6.07, 6.45) is 1.92. The van der Waals surface area contributed by atoms with E-state index < -0.39 is 11.3 Å². The van der Waals surface area contributed by atoms with Gasteiger partial charge in [0.25, 0.3) is 5.56 Å². The number of nitrogens with zero attached hydrogens (tertiary/aromatic N) is 7. The van der Waals surface area contributed by atoms with Crippen LogP contribution in [0.25, 0.3) is 11.0 Å². The second-order valence-corrected chi connectivity index (χ2v) is 6.68. The Morgan fingerprint density at radius 1 is 1.17 bits per heavy atom. The van der Waals surface area contributed by atoms with Crippen molar-refractivity contribution in [3.63, 3.8) is 0 Å². The van der Waals surface area contributed by atoms with Gasteiger partial charge in [0.1, 0.15) is 18.1 Å². The Labute approximate surface area is 164 Å². The Bertz CT molecular complexity index is 1350. The van der Waals surface area contributed by atoms with E-state index in [9.17, 15) is 9.59 Å². The van der Waals surface area contributed by atoms with Gasteiger partial charge >= 0.3 is 5.76 Å². The fraction of sp³-hybridized carbons (Fsp3) is 0.263. The minimum absolute atomic E-state index is 0.0540. The molecule has 0 aliphatic rings. The van der Waals surface area contributed by atoms with Crippen molar-refractivity contribution < 1.29 is 4.42 Å². The van der Waals surface area contributed by atoms with Crippen LogP contribution in [0.4, 0.5) is 0 Å². The second-order valence-electron chi connectivity index (χ2n) is 6.68. The smallest absolute Gasteiger partial charge is 0.390 e. The van der Waals surface area contributed by atoms with E-state index in [4.69, 9.17) is 9.68 Å². The highest BCUT2D eigenvalue weighted by Crippen LogP contribution is 2.10. The van der Waals surface area contributed by atoms with Gasteiger partial charge in [0.05, 0.1) is 12.9 Å². The molecule has 0 bridgehead atoms. The first-order chi connectivity index (χ1) is 14.0. The third kappa shape index (κ3) is 3.45. The van der Waals surface area contributed by atoms with Crippen LogP contribution in [-0.2, 0) is 26.6 Å². The molecule has 0 radical (unpaired) electrons. The van der Waals surface area contributed by atoms with Gasteiger partial charge in [-0.1, -0.05) is 29.8 Å². The minimum Gasteiger partial charge on any atom is -0.390 e. The maximum absolute atomic E-state index is 12.7. The lowest BCUT2D eigenvalue weighted by atomic mass is 10.1. The van der Waals surface area contributed by atoms with Crippen LogP contribution in [0.1, 0.15) is 22.7 Å². The summed E-state index contributed by atoms with van der Waals surface area (Å²) in [7, 11) is 1.57. The molecule has 10 nitrogen and oxygen atoms in total. The molecule has 10 heteroatoms.